The summed E-state index contributed by atoms with van der Waals surface area (Å²) in [7, 11) is 0. The second-order valence-electron chi connectivity index (χ2n) is 5.13. The van der Waals surface area contributed by atoms with Crippen LogP contribution in [0.1, 0.15) is 32.6 Å². The number of aliphatic hydroxyl groups excluding tert-OH is 1. The minimum absolute atomic E-state index is 0.0249. The van der Waals surface area contributed by atoms with Crippen molar-refractivity contribution in [3.8, 4) is 0 Å². The van der Waals surface area contributed by atoms with Crippen LogP contribution in [-0.2, 0) is 4.74 Å². The van der Waals surface area contributed by atoms with E-state index < -0.39 is 12.5 Å². The lowest BCUT2D eigenvalue weighted by atomic mass is 9.51. The van der Waals surface area contributed by atoms with Crippen molar-refractivity contribution in [3.63, 3.8) is 0 Å². The van der Waals surface area contributed by atoms with E-state index in [-0.39, 0.29) is 24.1 Å². The third-order valence-electron chi connectivity index (χ3n) is 4.30. The van der Waals surface area contributed by atoms with Crippen molar-refractivity contribution >= 4 is 0 Å². The molecular weight excluding hydrogens is 228 g/mol. The zero-order valence-electron chi connectivity index (χ0n) is 10.2. The largest absolute Gasteiger partial charge is 0.386 e. The van der Waals surface area contributed by atoms with E-state index in [2.05, 4.69) is 5.32 Å². The highest BCUT2D eigenvalue weighted by atomic mass is 19.3. The molecule has 0 aromatic rings. The Morgan fingerprint density at radius 3 is 2.65 bits per heavy atom. The summed E-state index contributed by atoms with van der Waals surface area (Å²) in [5.74, 6) is 0. The van der Waals surface area contributed by atoms with Crippen LogP contribution >= 0.6 is 0 Å². The molecule has 3 atom stereocenters. The van der Waals surface area contributed by atoms with Gasteiger partial charge in [-0.3, -0.25) is 0 Å². The molecule has 0 aromatic heterocycles. The van der Waals surface area contributed by atoms with Crippen LogP contribution in [0.3, 0.4) is 0 Å². The Kier molecular flexibility index (Phi) is 4.00. The Labute approximate surface area is 101 Å². The maximum absolute atomic E-state index is 12.2. The molecule has 3 unspecified atom stereocenters. The second kappa shape index (κ2) is 5.16. The van der Waals surface area contributed by atoms with Crippen LogP contribution in [0.2, 0.25) is 0 Å². The first kappa shape index (κ1) is 13.2. The third-order valence-corrected chi connectivity index (χ3v) is 4.30. The van der Waals surface area contributed by atoms with Gasteiger partial charge in [0, 0.05) is 24.6 Å². The van der Waals surface area contributed by atoms with Crippen LogP contribution in [0.25, 0.3) is 0 Å². The van der Waals surface area contributed by atoms with Crippen LogP contribution in [0.5, 0.6) is 0 Å². The van der Waals surface area contributed by atoms with E-state index in [9.17, 15) is 8.78 Å². The Hall–Kier alpha value is -0.260. The standard InChI is InChI=1S/C12H21F2NO2/c1-2-17-10-6-9(12(10)4-3-5-12)15-7-8(16)11(13)14/h8-11,15-16H,2-7H2,1H3. The van der Waals surface area contributed by atoms with E-state index in [4.69, 9.17) is 9.84 Å². The molecule has 2 aliphatic carbocycles. The molecule has 1 spiro atoms. The number of halogens is 2. The first-order valence-corrected chi connectivity index (χ1v) is 6.41. The topological polar surface area (TPSA) is 41.5 Å². The number of alkyl halides is 2. The number of hydrogen-bond donors (Lipinski definition) is 2. The minimum atomic E-state index is -2.66. The fourth-order valence-corrected chi connectivity index (χ4v) is 3.08. The van der Waals surface area contributed by atoms with Gasteiger partial charge in [-0.15, -0.1) is 0 Å². The summed E-state index contributed by atoms with van der Waals surface area (Å²) in [5, 5.41) is 12.2. The van der Waals surface area contributed by atoms with Gasteiger partial charge in [0.05, 0.1) is 6.10 Å². The molecular formula is C12H21F2NO2. The van der Waals surface area contributed by atoms with Crippen molar-refractivity contribution in [1.29, 1.82) is 0 Å². The van der Waals surface area contributed by atoms with E-state index >= 15 is 0 Å². The molecule has 17 heavy (non-hydrogen) atoms. The molecule has 3 nitrogen and oxygen atoms in total. The molecule has 100 valence electrons. The van der Waals surface area contributed by atoms with E-state index in [0.717, 1.165) is 19.3 Å². The van der Waals surface area contributed by atoms with Crippen LogP contribution in [-0.4, -0.2) is 42.9 Å². The van der Waals surface area contributed by atoms with Crippen LogP contribution in [0, 0.1) is 5.41 Å². The monoisotopic (exact) mass is 249 g/mol. The van der Waals surface area contributed by atoms with Gasteiger partial charge in [0.1, 0.15) is 6.10 Å². The lowest BCUT2D eigenvalue weighted by Crippen LogP contribution is -2.67. The fourth-order valence-electron chi connectivity index (χ4n) is 3.08. The Morgan fingerprint density at radius 2 is 2.18 bits per heavy atom. The van der Waals surface area contributed by atoms with Gasteiger partial charge < -0.3 is 15.2 Å². The zero-order chi connectivity index (χ0) is 12.5. The summed E-state index contributed by atoms with van der Waals surface area (Å²) < 4.78 is 30.0. The predicted molar refractivity (Wildman–Crippen MR) is 60.1 cm³/mol. The molecule has 2 saturated carbocycles. The molecule has 2 rings (SSSR count). The van der Waals surface area contributed by atoms with Gasteiger partial charge in [0.15, 0.2) is 0 Å². The number of aliphatic hydroxyl groups is 1. The minimum Gasteiger partial charge on any atom is -0.386 e. The van der Waals surface area contributed by atoms with Crippen molar-refractivity contribution in [2.24, 2.45) is 5.41 Å². The van der Waals surface area contributed by atoms with Crippen molar-refractivity contribution in [3.05, 3.63) is 0 Å². The molecule has 2 aliphatic rings. The molecule has 5 heteroatoms. The smallest absolute Gasteiger partial charge is 0.265 e. The van der Waals surface area contributed by atoms with E-state index in [1.807, 2.05) is 6.92 Å². The average molecular weight is 249 g/mol. The van der Waals surface area contributed by atoms with Crippen LogP contribution in [0.15, 0.2) is 0 Å². The molecule has 2 fully saturated rings. The number of ether oxygens (including phenoxy) is 1. The maximum atomic E-state index is 12.2. The van der Waals surface area contributed by atoms with Gasteiger partial charge in [-0.1, -0.05) is 6.42 Å². The zero-order valence-corrected chi connectivity index (χ0v) is 10.2. The van der Waals surface area contributed by atoms with Gasteiger partial charge in [0.25, 0.3) is 6.43 Å². The van der Waals surface area contributed by atoms with Crippen LogP contribution < -0.4 is 5.32 Å². The first-order chi connectivity index (χ1) is 8.10. The maximum Gasteiger partial charge on any atom is 0.265 e. The second-order valence-corrected chi connectivity index (χ2v) is 5.13. The summed E-state index contributed by atoms with van der Waals surface area (Å²) in [6.07, 6.45) is 0.353. The van der Waals surface area contributed by atoms with E-state index in [0.29, 0.717) is 6.61 Å². The van der Waals surface area contributed by atoms with Gasteiger partial charge in [-0.05, 0) is 26.2 Å². The lowest BCUT2D eigenvalue weighted by Gasteiger charge is -2.61. The van der Waals surface area contributed by atoms with Crippen molar-refractivity contribution in [2.45, 2.75) is 57.3 Å². The summed E-state index contributed by atoms with van der Waals surface area (Å²) in [4.78, 5) is 0. The van der Waals surface area contributed by atoms with Crippen LogP contribution in [0.4, 0.5) is 8.78 Å². The van der Waals surface area contributed by atoms with Gasteiger partial charge in [-0.2, -0.15) is 0 Å². The fraction of sp³-hybridized carbons (Fsp3) is 1.00. The van der Waals surface area contributed by atoms with E-state index in [1.54, 1.807) is 0 Å². The van der Waals surface area contributed by atoms with Gasteiger partial charge >= 0.3 is 0 Å². The molecule has 0 radical (unpaired) electrons. The first-order valence-electron chi connectivity index (χ1n) is 6.41. The Bertz CT molecular complexity index is 259. The highest BCUT2D eigenvalue weighted by Gasteiger charge is 2.58. The average Bonchev–Trinajstić information content (AvgIpc) is 2.19. The molecule has 0 aliphatic heterocycles. The Balaban J connectivity index is 1.79. The quantitative estimate of drug-likeness (QED) is 0.750. The van der Waals surface area contributed by atoms with E-state index in [1.165, 1.54) is 6.42 Å². The highest BCUT2D eigenvalue weighted by molar-refractivity contribution is 5.12. The number of rotatable bonds is 6. The highest BCUT2D eigenvalue weighted by Crippen LogP contribution is 2.57. The lowest BCUT2D eigenvalue weighted by molar-refractivity contribution is -0.174. The number of nitrogens with one attached hydrogen (secondary N) is 1. The normalized spacial score (nSPS) is 32.3. The van der Waals surface area contributed by atoms with Crippen molar-refractivity contribution < 1.29 is 18.6 Å². The third kappa shape index (κ3) is 2.33. The number of hydrogen-bond acceptors (Lipinski definition) is 3. The summed E-state index contributed by atoms with van der Waals surface area (Å²) >= 11 is 0. The van der Waals surface area contributed by atoms with Crippen molar-refractivity contribution in [2.75, 3.05) is 13.2 Å². The Morgan fingerprint density at radius 1 is 1.47 bits per heavy atom. The molecule has 0 aromatic carbocycles. The van der Waals surface area contributed by atoms with Gasteiger partial charge in [-0.25, -0.2) is 8.78 Å². The summed E-state index contributed by atoms with van der Waals surface area (Å²) in [6, 6.07) is 0.237. The SMILES string of the molecule is CCOC1CC(NCC(O)C(F)F)C12CCC2. The van der Waals surface area contributed by atoms with Gasteiger partial charge in [0.2, 0.25) is 0 Å². The molecule has 0 amide bonds. The summed E-state index contributed by atoms with van der Waals surface area (Å²) in [6.45, 7) is 2.66. The molecule has 2 N–H and O–H groups in total. The molecule has 0 heterocycles. The predicted octanol–water partition coefficient (Wildman–Crippen LogP) is 1.55. The molecule has 0 bridgehead atoms. The molecule has 0 saturated heterocycles. The summed E-state index contributed by atoms with van der Waals surface area (Å²) in [5.41, 5.74) is 0.165. The van der Waals surface area contributed by atoms with Crippen molar-refractivity contribution in [1.82, 2.24) is 5.32 Å².